The number of aromatic nitrogens is 1. The molecule has 0 aliphatic carbocycles. The number of ether oxygens (including phenoxy) is 2. The molecule has 1 heterocycles. The summed E-state index contributed by atoms with van der Waals surface area (Å²) >= 11 is 1.23. The molecule has 1 aromatic heterocycles. The minimum Gasteiger partial charge on any atom is -0.482 e. The van der Waals surface area contributed by atoms with Crippen LogP contribution in [0.3, 0.4) is 0 Å². The van der Waals surface area contributed by atoms with E-state index < -0.39 is 24.3 Å². The molecule has 0 unspecified atom stereocenters. The zero-order valence-corrected chi connectivity index (χ0v) is 14.1. The van der Waals surface area contributed by atoms with E-state index in [4.69, 9.17) is 14.7 Å². The Morgan fingerprint density at radius 1 is 1.33 bits per heavy atom. The number of hydrogen-bond donors (Lipinski definition) is 0. The smallest absolute Gasteiger partial charge is 0.344 e. The molecule has 0 aliphatic heterocycles. The lowest BCUT2D eigenvalue weighted by Crippen LogP contribution is -2.22. The van der Waals surface area contributed by atoms with Crippen LogP contribution in [0.25, 0.3) is 0 Å². The van der Waals surface area contributed by atoms with Crippen LogP contribution in [0, 0.1) is 25.2 Å². The number of esters is 1. The molecule has 0 radical (unpaired) electrons. The van der Waals surface area contributed by atoms with E-state index >= 15 is 0 Å². The fourth-order valence-corrected chi connectivity index (χ4v) is 2.75. The molecule has 2 aromatic rings. The highest BCUT2D eigenvalue weighted by Crippen LogP contribution is 2.20. The Hall–Kier alpha value is -2.72. The van der Waals surface area contributed by atoms with Gasteiger partial charge in [-0.3, -0.25) is 4.79 Å². The van der Waals surface area contributed by atoms with Gasteiger partial charge in [-0.1, -0.05) is 12.1 Å². The van der Waals surface area contributed by atoms with Crippen molar-refractivity contribution in [1.29, 1.82) is 5.26 Å². The number of carbonyl (C=O) groups is 2. The average molecular weight is 344 g/mol. The molecule has 6 nitrogen and oxygen atoms in total. The second-order valence-corrected chi connectivity index (χ2v) is 6.01. The molecule has 7 heteroatoms. The van der Waals surface area contributed by atoms with E-state index in [1.165, 1.54) is 11.3 Å². The summed E-state index contributed by atoms with van der Waals surface area (Å²) in [7, 11) is 0. The van der Waals surface area contributed by atoms with Gasteiger partial charge in [-0.15, -0.1) is 11.3 Å². The van der Waals surface area contributed by atoms with Crippen molar-refractivity contribution in [2.45, 2.75) is 19.8 Å². The summed E-state index contributed by atoms with van der Waals surface area (Å²) in [6, 6.07) is 9.13. The first-order valence-electron chi connectivity index (χ1n) is 7.19. The predicted molar refractivity (Wildman–Crippen MR) is 87.8 cm³/mol. The molecular weight excluding hydrogens is 328 g/mol. The minimum atomic E-state index is -1.02. The Bertz CT molecular complexity index is 779. The van der Waals surface area contributed by atoms with Crippen molar-refractivity contribution >= 4 is 23.1 Å². The number of nitrogens with zero attached hydrogens (tertiary/aromatic N) is 2. The zero-order valence-electron chi connectivity index (χ0n) is 13.3. The number of aryl methyl sites for hydroxylation is 2. The van der Waals surface area contributed by atoms with E-state index in [-0.39, 0.29) is 6.61 Å². The summed E-state index contributed by atoms with van der Waals surface area (Å²) in [5, 5.41) is 11.3. The molecule has 1 atom stereocenters. The monoisotopic (exact) mass is 344 g/mol. The van der Waals surface area contributed by atoms with Crippen molar-refractivity contribution in [3.63, 3.8) is 0 Å². The van der Waals surface area contributed by atoms with Crippen molar-refractivity contribution in [3.05, 3.63) is 45.9 Å². The fraction of sp³-hybridized carbons (Fsp3) is 0.294. The van der Waals surface area contributed by atoms with Gasteiger partial charge in [0.1, 0.15) is 10.8 Å². The van der Waals surface area contributed by atoms with Crippen molar-refractivity contribution in [1.82, 2.24) is 4.98 Å². The SMILES string of the molecule is Cc1cccc(OCC(=O)OCC(=O)[C@H](C#N)c2nc(C)cs2)c1. The molecule has 0 aliphatic rings. The molecule has 0 amide bonds. The molecule has 0 saturated heterocycles. The van der Waals surface area contributed by atoms with Gasteiger partial charge in [0.25, 0.3) is 0 Å². The van der Waals surface area contributed by atoms with Crippen molar-refractivity contribution in [2.24, 2.45) is 0 Å². The van der Waals surface area contributed by atoms with Crippen molar-refractivity contribution in [3.8, 4) is 11.8 Å². The van der Waals surface area contributed by atoms with Gasteiger partial charge in [-0.2, -0.15) is 5.26 Å². The molecule has 0 fully saturated rings. The molecule has 0 bridgehead atoms. The summed E-state index contributed by atoms with van der Waals surface area (Å²) in [5.74, 6) is -1.65. The highest BCUT2D eigenvalue weighted by molar-refractivity contribution is 7.09. The summed E-state index contributed by atoms with van der Waals surface area (Å²) < 4.78 is 10.2. The Kier molecular flexibility index (Phi) is 6.04. The third kappa shape index (κ3) is 4.89. The second-order valence-electron chi connectivity index (χ2n) is 5.12. The molecule has 0 N–H and O–H groups in total. The van der Waals surface area contributed by atoms with E-state index in [0.29, 0.717) is 10.8 Å². The van der Waals surface area contributed by atoms with Crippen molar-refractivity contribution < 1.29 is 19.1 Å². The van der Waals surface area contributed by atoms with Crippen LogP contribution in [0.5, 0.6) is 5.75 Å². The van der Waals surface area contributed by atoms with Gasteiger partial charge >= 0.3 is 5.97 Å². The molecule has 1 aromatic carbocycles. The Morgan fingerprint density at radius 2 is 2.12 bits per heavy atom. The quantitative estimate of drug-likeness (QED) is 0.717. The summed E-state index contributed by atoms with van der Waals surface area (Å²) in [5.41, 5.74) is 1.75. The number of Topliss-reactive ketones (excluding diaryl/α,β-unsaturated/α-hetero) is 1. The van der Waals surface area contributed by atoms with Crippen LogP contribution in [-0.4, -0.2) is 30.0 Å². The standard InChI is InChI=1S/C17H16N2O4S/c1-11-4-3-5-13(6-11)22-9-16(21)23-8-15(20)14(7-18)17-19-12(2)10-24-17/h3-6,10,14H,8-9H2,1-2H3/t14-/m0/s1. The molecule has 0 saturated carbocycles. The zero-order chi connectivity index (χ0) is 17.5. The minimum absolute atomic E-state index is 0.301. The second kappa shape index (κ2) is 8.22. The van der Waals surface area contributed by atoms with Gasteiger partial charge in [0.15, 0.2) is 24.9 Å². The van der Waals surface area contributed by atoms with Crippen LogP contribution in [0.15, 0.2) is 29.6 Å². The number of hydrogen-bond acceptors (Lipinski definition) is 7. The van der Waals surface area contributed by atoms with Crippen molar-refractivity contribution in [2.75, 3.05) is 13.2 Å². The number of benzene rings is 1. The molecule has 2 rings (SSSR count). The number of ketones is 1. The van der Waals surface area contributed by atoms with E-state index in [2.05, 4.69) is 4.98 Å². The van der Waals surface area contributed by atoms with Crippen LogP contribution < -0.4 is 4.74 Å². The number of nitriles is 1. The predicted octanol–water partition coefficient (Wildman–Crippen LogP) is 2.56. The van der Waals surface area contributed by atoms with Gasteiger partial charge in [0.05, 0.1) is 6.07 Å². The molecule has 0 spiro atoms. The summed E-state index contributed by atoms with van der Waals surface area (Å²) in [6.45, 7) is 2.91. The first-order chi connectivity index (χ1) is 11.5. The van der Waals surface area contributed by atoms with Crippen LogP contribution in [-0.2, 0) is 14.3 Å². The molecule has 124 valence electrons. The molecule has 24 heavy (non-hydrogen) atoms. The summed E-state index contributed by atoms with van der Waals surface area (Å²) in [4.78, 5) is 27.8. The maximum Gasteiger partial charge on any atom is 0.344 e. The summed E-state index contributed by atoms with van der Waals surface area (Å²) in [6.07, 6.45) is 0. The van der Waals surface area contributed by atoms with Crippen LogP contribution in [0.1, 0.15) is 22.2 Å². The van der Waals surface area contributed by atoms with Gasteiger partial charge in [0, 0.05) is 11.1 Å². The number of rotatable bonds is 7. The Balaban J connectivity index is 1.82. The van der Waals surface area contributed by atoms with E-state index in [0.717, 1.165) is 11.3 Å². The lowest BCUT2D eigenvalue weighted by atomic mass is 10.1. The average Bonchev–Trinajstić information content (AvgIpc) is 2.98. The molecular formula is C17H16N2O4S. The van der Waals surface area contributed by atoms with Gasteiger partial charge in [-0.25, -0.2) is 9.78 Å². The topological polar surface area (TPSA) is 89.3 Å². The first kappa shape index (κ1) is 17.6. The first-order valence-corrected chi connectivity index (χ1v) is 8.07. The van der Waals surface area contributed by atoms with Gasteiger partial charge in [-0.05, 0) is 31.5 Å². The van der Waals surface area contributed by atoms with Crippen LogP contribution >= 0.6 is 11.3 Å². The van der Waals surface area contributed by atoms with Crippen LogP contribution in [0.2, 0.25) is 0 Å². The lowest BCUT2D eigenvalue weighted by Gasteiger charge is -2.08. The Labute approximate surface area is 143 Å². The van der Waals surface area contributed by atoms with E-state index in [1.54, 1.807) is 24.4 Å². The van der Waals surface area contributed by atoms with Gasteiger partial charge < -0.3 is 9.47 Å². The highest BCUT2D eigenvalue weighted by atomic mass is 32.1. The normalized spacial score (nSPS) is 11.4. The highest BCUT2D eigenvalue weighted by Gasteiger charge is 2.24. The Morgan fingerprint density at radius 3 is 2.75 bits per heavy atom. The maximum atomic E-state index is 12.0. The largest absolute Gasteiger partial charge is 0.482 e. The lowest BCUT2D eigenvalue weighted by molar-refractivity contribution is -0.150. The van der Waals surface area contributed by atoms with E-state index in [9.17, 15) is 9.59 Å². The third-order valence-electron chi connectivity index (χ3n) is 3.06. The maximum absolute atomic E-state index is 12.0. The van der Waals surface area contributed by atoms with Gasteiger partial charge in [0.2, 0.25) is 0 Å². The van der Waals surface area contributed by atoms with E-state index in [1.807, 2.05) is 25.1 Å². The third-order valence-corrected chi connectivity index (χ3v) is 4.08. The number of carbonyl (C=O) groups excluding carboxylic acids is 2. The number of thiazole rings is 1. The van der Waals surface area contributed by atoms with Crippen LogP contribution in [0.4, 0.5) is 0 Å². The fourth-order valence-electron chi connectivity index (χ4n) is 1.89.